The quantitative estimate of drug-likeness (QED) is 0.785. The van der Waals surface area contributed by atoms with E-state index >= 15 is 0 Å². The van der Waals surface area contributed by atoms with E-state index in [0.29, 0.717) is 6.42 Å². The van der Waals surface area contributed by atoms with Crippen LogP contribution in [0.4, 0.5) is 11.4 Å². The molecule has 1 aromatic rings. The molecule has 0 spiro atoms. The number of rotatable bonds is 1. The molecule has 1 aliphatic rings. The van der Waals surface area contributed by atoms with Gasteiger partial charge in [0.25, 0.3) is 0 Å². The molecule has 1 aromatic carbocycles. The average molecular weight is 220 g/mol. The van der Waals surface area contributed by atoms with Crippen LogP contribution < -0.4 is 15.0 Å². The topological polar surface area (TPSA) is 41.6 Å². The number of benzene rings is 1. The van der Waals surface area contributed by atoms with Crippen molar-refractivity contribution in [3.05, 3.63) is 18.2 Å². The van der Waals surface area contributed by atoms with Crippen LogP contribution in [-0.2, 0) is 4.79 Å². The number of carbonyl (C=O) groups excluding carboxylic acids is 1. The molecule has 0 bridgehead atoms. The lowest BCUT2D eigenvalue weighted by Gasteiger charge is -2.19. The molecule has 1 atom stereocenters. The van der Waals surface area contributed by atoms with E-state index in [1.54, 1.807) is 19.1 Å². The Labute approximate surface area is 95.2 Å². The zero-order valence-corrected chi connectivity index (χ0v) is 9.78. The molecule has 1 aliphatic heterocycles. The van der Waals surface area contributed by atoms with Crippen molar-refractivity contribution in [3.8, 4) is 5.75 Å². The number of para-hydroxylation sites is 1. The number of hydrogen-bond donors (Lipinski definition) is 1. The number of anilines is 2. The maximum atomic E-state index is 11.9. The Bertz CT molecular complexity index is 417. The summed E-state index contributed by atoms with van der Waals surface area (Å²) in [5.74, 6) is 0.818. The molecule has 0 fully saturated rings. The van der Waals surface area contributed by atoms with Gasteiger partial charge in [-0.2, -0.15) is 0 Å². The van der Waals surface area contributed by atoms with Crippen LogP contribution in [0, 0.1) is 0 Å². The zero-order valence-electron chi connectivity index (χ0n) is 9.78. The summed E-state index contributed by atoms with van der Waals surface area (Å²) in [6, 6.07) is 5.88. The number of hydrogen-bond acceptors (Lipinski definition) is 3. The van der Waals surface area contributed by atoms with E-state index in [0.717, 1.165) is 17.1 Å². The second-order valence-corrected chi connectivity index (χ2v) is 4.06. The summed E-state index contributed by atoms with van der Waals surface area (Å²) in [4.78, 5) is 13.5. The van der Waals surface area contributed by atoms with Crippen molar-refractivity contribution in [2.24, 2.45) is 0 Å². The molecule has 0 aliphatic carbocycles. The van der Waals surface area contributed by atoms with Crippen LogP contribution in [0.1, 0.15) is 13.3 Å². The van der Waals surface area contributed by atoms with Crippen molar-refractivity contribution >= 4 is 17.3 Å². The van der Waals surface area contributed by atoms with E-state index in [-0.39, 0.29) is 11.9 Å². The second-order valence-electron chi connectivity index (χ2n) is 4.06. The molecule has 2 rings (SSSR count). The predicted octanol–water partition coefficient (Wildman–Crippen LogP) is 1.86. The van der Waals surface area contributed by atoms with Gasteiger partial charge in [0, 0.05) is 19.5 Å². The molecule has 16 heavy (non-hydrogen) atoms. The van der Waals surface area contributed by atoms with Crippen molar-refractivity contribution < 1.29 is 9.53 Å². The van der Waals surface area contributed by atoms with Gasteiger partial charge in [0.05, 0.1) is 12.8 Å². The minimum Gasteiger partial charge on any atom is -0.494 e. The number of amides is 1. The van der Waals surface area contributed by atoms with Crippen molar-refractivity contribution in [1.82, 2.24) is 0 Å². The number of methoxy groups -OCH3 is 1. The molecular weight excluding hydrogens is 204 g/mol. The lowest BCUT2D eigenvalue weighted by atomic mass is 10.2. The van der Waals surface area contributed by atoms with Gasteiger partial charge in [-0.05, 0) is 19.1 Å². The van der Waals surface area contributed by atoms with Crippen LogP contribution in [0.25, 0.3) is 0 Å². The first kappa shape index (κ1) is 10.8. The first-order valence-corrected chi connectivity index (χ1v) is 5.33. The van der Waals surface area contributed by atoms with Crippen LogP contribution in [-0.4, -0.2) is 26.1 Å². The van der Waals surface area contributed by atoms with Crippen LogP contribution in [0.2, 0.25) is 0 Å². The first-order chi connectivity index (χ1) is 7.63. The van der Waals surface area contributed by atoms with Gasteiger partial charge in [0.15, 0.2) is 0 Å². The summed E-state index contributed by atoms with van der Waals surface area (Å²) in [5, 5.41) is 3.32. The maximum absolute atomic E-state index is 11.9. The van der Waals surface area contributed by atoms with Crippen molar-refractivity contribution in [3.63, 3.8) is 0 Å². The van der Waals surface area contributed by atoms with Gasteiger partial charge < -0.3 is 15.0 Å². The third-order valence-electron chi connectivity index (χ3n) is 2.81. The highest BCUT2D eigenvalue weighted by atomic mass is 16.5. The van der Waals surface area contributed by atoms with Gasteiger partial charge in [0.2, 0.25) is 5.91 Å². The van der Waals surface area contributed by atoms with Gasteiger partial charge in [-0.15, -0.1) is 0 Å². The molecule has 1 N–H and O–H groups in total. The SMILES string of the molecule is COc1cccc2c1N(C)C(=O)CC(C)N2. The molecule has 0 radical (unpaired) electrons. The van der Waals surface area contributed by atoms with Gasteiger partial charge >= 0.3 is 0 Å². The van der Waals surface area contributed by atoms with E-state index in [1.807, 2.05) is 25.1 Å². The van der Waals surface area contributed by atoms with Gasteiger partial charge in [-0.3, -0.25) is 4.79 Å². The van der Waals surface area contributed by atoms with E-state index < -0.39 is 0 Å². The molecule has 0 saturated carbocycles. The molecule has 1 heterocycles. The van der Waals surface area contributed by atoms with E-state index in [9.17, 15) is 4.79 Å². The summed E-state index contributed by atoms with van der Waals surface area (Å²) in [6.45, 7) is 2.00. The highest BCUT2D eigenvalue weighted by Gasteiger charge is 2.25. The smallest absolute Gasteiger partial charge is 0.228 e. The van der Waals surface area contributed by atoms with Gasteiger partial charge in [-0.25, -0.2) is 0 Å². The molecule has 86 valence electrons. The minimum absolute atomic E-state index is 0.100. The zero-order chi connectivity index (χ0) is 11.7. The fourth-order valence-corrected chi connectivity index (χ4v) is 1.99. The molecule has 0 aromatic heterocycles. The number of carbonyl (C=O) groups is 1. The summed E-state index contributed by atoms with van der Waals surface area (Å²) < 4.78 is 5.29. The summed E-state index contributed by atoms with van der Waals surface area (Å²) in [7, 11) is 3.39. The molecule has 1 amide bonds. The second kappa shape index (κ2) is 4.04. The Hall–Kier alpha value is -1.71. The van der Waals surface area contributed by atoms with Crippen molar-refractivity contribution in [2.45, 2.75) is 19.4 Å². The third kappa shape index (κ3) is 1.71. The van der Waals surface area contributed by atoms with Gasteiger partial charge in [-0.1, -0.05) is 6.07 Å². The molecular formula is C12H16N2O2. The number of nitrogens with one attached hydrogen (secondary N) is 1. The van der Waals surface area contributed by atoms with Crippen LogP contribution in [0.15, 0.2) is 18.2 Å². The standard InChI is InChI=1S/C12H16N2O2/c1-8-7-11(15)14(2)12-9(13-8)5-4-6-10(12)16-3/h4-6,8,13H,7H2,1-3H3. The summed E-state index contributed by atoms with van der Waals surface area (Å²) in [5.41, 5.74) is 1.76. The number of fused-ring (bicyclic) bond motifs is 1. The fraction of sp³-hybridized carbons (Fsp3) is 0.417. The Morgan fingerprint density at radius 1 is 1.50 bits per heavy atom. The van der Waals surface area contributed by atoms with Crippen molar-refractivity contribution in [2.75, 3.05) is 24.4 Å². The van der Waals surface area contributed by atoms with Crippen LogP contribution in [0.5, 0.6) is 5.75 Å². The lowest BCUT2D eigenvalue weighted by molar-refractivity contribution is -0.118. The Kier molecular flexibility index (Phi) is 2.73. The number of nitrogens with zero attached hydrogens (tertiary/aromatic N) is 1. The third-order valence-corrected chi connectivity index (χ3v) is 2.81. The molecule has 4 heteroatoms. The predicted molar refractivity (Wildman–Crippen MR) is 64.1 cm³/mol. The Morgan fingerprint density at radius 3 is 2.94 bits per heavy atom. The number of ether oxygens (including phenoxy) is 1. The van der Waals surface area contributed by atoms with Crippen molar-refractivity contribution in [1.29, 1.82) is 0 Å². The molecule has 4 nitrogen and oxygen atoms in total. The fourth-order valence-electron chi connectivity index (χ4n) is 1.99. The maximum Gasteiger partial charge on any atom is 0.228 e. The average Bonchev–Trinajstić information content (AvgIpc) is 2.36. The molecule has 0 saturated heterocycles. The first-order valence-electron chi connectivity index (χ1n) is 5.33. The highest BCUT2D eigenvalue weighted by Crippen LogP contribution is 2.37. The van der Waals surface area contributed by atoms with E-state index in [2.05, 4.69) is 5.32 Å². The Morgan fingerprint density at radius 2 is 2.25 bits per heavy atom. The highest BCUT2D eigenvalue weighted by molar-refractivity contribution is 6.00. The summed E-state index contributed by atoms with van der Waals surface area (Å²) >= 11 is 0. The van der Waals surface area contributed by atoms with E-state index in [4.69, 9.17) is 4.74 Å². The van der Waals surface area contributed by atoms with E-state index in [1.165, 1.54) is 0 Å². The lowest BCUT2D eigenvalue weighted by Crippen LogP contribution is -2.27. The Balaban J connectivity index is 2.55. The van der Waals surface area contributed by atoms with Crippen LogP contribution in [0.3, 0.4) is 0 Å². The van der Waals surface area contributed by atoms with Crippen LogP contribution >= 0.6 is 0 Å². The monoisotopic (exact) mass is 220 g/mol. The van der Waals surface area contributed by atoms with Gasteiger partial charge in [0.1, 0.15) is 11.4 Å². The minimum atomic E-state index is 0.100. The molecule has 1 unspecified atom stereocenters. The largest absolute Gasteiger partial charge is 0.494 e. The normalized spacial score (nSPS) is 19.8. The summed E-state index contributed by atoms with van der Waals surface area (Å²) in [6.07, 6.45) is 0.494.